The molecule has 0 heterocycles. The lowest BCUT2D eigenvalue weighted by Gasteiger charge is -2.18. The molecule has 5 nitrogen and oxygen atoms in total. The maximum absolute atomic E-state index is 13.5. The van der Waals surface area contributed by atoms with E-state index in [-0.39, 0.29) is 5.02 Å². The molecule has 9 heteroatoms. The van der Waals surface area contributed by atoms with Crippen LogP contribution < -0.4 is 4.72 Å². The second kappa shape index (κ2) is 6.26. The van der Waals surface area contributed by atoms with Crippen LogP contribution in [0.3, 0.4) is 0 Å². The van der Waals surface area contributed by atoms with E-state index < -0.39 is 43.7 Å². The molecule has 0 radical (unpaired) electrons. The fourth-order valence-electron chi connectivity index (χ4n) is 1.34. The molecule has 112 valence electrons. The molecule has 1 rings (SSSR count). The summed E-state index contributed by atoms with van der Waals surface area (Å²) in [4.78, 5) is 10.3. The van der Waals surface area contributed by atoms with Gasteiger partial charge in [0.1, 0.15) is 4.90 Å². The third-order valence-electron chi connectivity index (χ3n) is 2.77. The van der Waals surface area contributed by atoms with Gasteiger partial charge in [-0.3, -0.25) is 4.79 Å². The standard InChI is InChI=1S/C11H12Cl2FNO4S/c1-5(11(16)17)6(2)15-20(18,19)8-4-3-7(12)10(14)9(8)13/h3-6,15H,1-2H3,(H,16,17). The van der Waals surface area contributed by atoms with Crippen molar-refractivity contribution >= 4 is 39.2 Å². The number of nitrogens with one attached hydrogen (secondary N) is 1. The number of sulfonamides is 1. The van der Waals surface area contributed by atoms with Crippen LogP contribution in [0, 0.1) is 11.7 Å². The summed E-state index contributed by atoms with van der Waals surface area (Å²) in [5.41, 5.74) is 0. The van der Waals surface area contributed by atoms with E-state index in [1.165, 1.54) is 13.8 Å². The Morgan fingerprint density at radius 1 is 1.35 bits per heavy atom. The second-order valence-corrected chi connectivity index (χ2v) is 6.68. The van der Waals surface area contributed by atoms with Crippen molar-refractivity contribution in [2.45, 2.75) is 24.8 Å². The van der Waals surface area contributed by atoms with E-state index in [1.54, 1.807) is 0 Å². The Bertz CT molecular complexity index is 636. The molecule has 0 saturated heterocycles. The minimum atomic E-state index is -4.15. The highest BCUT2D eigenvalue weighted by Crippen LogP contribution is 2.29. The Labute approximate surface area is 125 Å². The zero-order chi connectivity index (χ0) is 15.7. The minimum Gasteiger partial charge on any atom is -0.481 e. The molecule has 0 spiro atoms. The van der Waals surface area contributed by atoms with E-state index in [9.17, 15) is 17.6 Å². The molecule has 20 heavy (non-hydrogen) atoms. The number of aliphatic carboxylic acids is 1. The molecule has 0 aliphatic rings. The Hall–Kier alpha value is -0.890. The average Bonchev–Trinajstić information content (AvgIpc) is 2.33. The van der Waals surface area contributed by atoms with Gasteiger partial charge in [-0.2, -0.15) is 0 Å². The topological polar surface area (TPSA) is 83.5 Å². The second-order valence-electron chi connectivity index (χ2n) is 4.21. The van der Waals surface area contributed by atoms with Crippen molar-refractivity contribution in [3.63, 3.8) is 0 Å². The molecular formula is C11H12Cl2FNO4S. The van der Waals surface area contributed by atoms with Gasteiger partial charge in [-0.05, 0) is 19.1 Å². The summed E-state index contributed by atoms with van der Waals surface area (Å²) >= 11 is 11.1. The molecule has 0 fully saturated rings. The van der Waals surface area contributed by atoms with E-state index in [1.807, 2.05) is 0 Å². The van der Waals surface area contributed by atoms with Crippen molar-refractivity contribution in [1.82, 2.24) is 4.72 Å². The molecule has 0 aliphatic carbocycles. The van der Waals surface area contributed by atoms with Gasteiger partial charge < -0.3 is 5.11 Å². The monoisotopic (exact) mass is 343 g/mol. The Kier molecular flexibility index (Phi) is 5.37. The molecule has 1 aromatic carbocycles. The van der Waals surface area contributed by atoms with E-state index in [0.717, 1.165) is 12.1 Å². The van der Waals surface area contributed by atoms with Crippen molar-refractivity contribution in [2.75, 3.05) is 0 Å². The number of benzene rings is 1. The third kappa shape index (κ3) is 3.60. The van der Waals surface area contributed by atoms with Crippen LogP contribution in [0.5, 0.6) is 0 Å². The van der Waals surface area contributed by atoms with Crippen LogP contribution in [-0.4, -0.2) is 25.5 Å². The molecule has 2 atom stereocenters. The summed E-state index contributed by atoms with van der Waals surface area (Å²) < 4.78 is 39.7. The third-order valence-corrected chi connectivity index (χ3v) is 5.14. The van der Waals surface area contributed by atoms with Crippen LogP contribution in [0.25, 0.3) is 0 Å². The van der Waals surface area contributed by atoms with E-state index in [0.29, 0.717) is 0 Å². The highest BCUT2D eigenvalue weighted by Gasteiger charge is 2.28. The number of hydrogen-bond acceptors (Lipinski definition) is 3. The Morgan fingerprint density at radius 2 is 1.90 bits per heavy atom. The number of carboxylic acid groups (broad SMARTS) is 1. The Balaban J connectivity index is 3.13. The average molecular weight is 344 g/mol. The Morgan fingerprint density at radius 3 is 2.40 bits per heavy atom. The highest BCUT2D eigenvalue weighted by molar-refractivity contribution is 7.89. The van der Waals surface area contributed by atoms with Gasteiger partial charge >= 0.3 is 5.97 Å². The molecule has 0 aromatic heterocycles. The van der Waals surface area contributed by atoms with Gasteiger partial charge in [-0.25, -0.2) is 17.5 Å². The molecule has 0 amide bonds. The maximum Gasteiger partial charge on any atom is 0.307 e. The van der Waals surface area contributed by atoms with Crippen LogP contribution in [-0.2, 0) is 14.8 Å². The van der Waals surface area contributed by atoms with Crippen molar-refractivity contribution < 1.29 is 22.7 Å². The first kappa shape index (κ1) is 17.2. The predicted octanol–water partition coefficient (Wildman–Crippen LogP) is 2.52. The fourth-order valence-corrected chi connectivity index (χ4v) is 3.41. The van der Waals surface area contributed by atoms with Crippen LogP contribution in [0.1, 0.15) is 13.8 Å². The van der Waals surface area contributed by atoms with Gasteiger partial charge in [0.2, 0.25) is 10.0 Å². The zero-order valence-electron chi connectivity index (χ0n) is 10.5. The predicted molar refractivity (Wildman–Crippen MR) is 73.0 cm³/mol. The summed E-state index contributed by atoms with van der Waals surface area (Å²) in [5.74, 6) is -3.16. The number of halogens is 3. The van der Waals surface area contributed by atoms with E-state index >= 15 is 0 Å². The first-order valence-corrected chi connectivity index (χ1v) is 7.70. The van der Waals surface area contributed by atoms with Crippen LogP contribution in [0.2, 0.25) is 10.0 Å². The van der Waals surface area contributed by atoms with Crippen molar-refractivity contribution in [3.05, 3.63) is 28.0 Å². The largest absolute Gasteiger partial charge is 0.481 e. The van der Waals surface area contributed by atoms with Gasteiger partial charge in [0.25, 0.3) is 0 Å². The van der Waals surface area contributed by atoms with E-state index in [2.05, 4.69) is 4.72 Å². The summed E-state index contributed by atoms with van der Waals surface area (Å²) in [6.45, 7) is 2.73. The lowest BCUT2D eigenvalue weighted by molar-refractivity contribution is -0.141. The summed E-state index contributed by atoms with van der Waals surface area (Å²) in [6.07, 6.45) is 0. The van der Waals surface area contributed by atoms with Gasteiger partial charge in [0.15, 0.2) is 5.82 Å². The van der Waals surface area contributed by atoms with Crippen LogP contribution >= 0.6 is 23.2 Å². The van der Waals surface area contributed by atoms with Gasteiger partial charge in [-0.1, -0.05) is 30.1 Å². The normalized spacial score (nSPS) is 14.8. The van der Waals surface area contributed by atoms with Crippen LogP contribution in [0.15, 0.2) is 17.0 Å². The SMILES string of the molecule is CC(NS(=O)(=O)c1ccc(Cl)c(F)c1Cl)C(C)C(=O)O. The number of carboxylic acids is 1. The fraction of sp³-hybridized carbons (Fsp3) is 0.364. The molecule has 0 saturated carbocycles. The molecule has 1 aromatic rings. The van der Waals surface area contributed by atoms with Crippen molar-refractivity contribution in [2.24, 2.45) is 5.92 Å². The highest BCUT2D eigenvalue weighted by atomic mass is 35.5. The minimum absolute atomic E-state index is 0.305. The maximum atomic E-state index is 13.5. The molecular weight excluding hydrogens is 332 g/mol. The van der Waals surface area contributed by atoms with Gasteiger partial charge in [0, 0.05) is 6.04 Å². The first-order chi connectivity index (χ1) is 9.08. The van der Waals surface area contributed by atoms with Crippen molar-refractivity contribution in [1.29, 1.82) is 0 Å². The molecule has 0 aliphatic heterocycles. The molecule has 2 unspecified atom stereocenters. The smallest absolute Gasteiger partial charge is 0.307 e. The summed E-state index contributed by atoms with van der Waals surface area (Å²) in [7, 11) is -4.15. The lowest BCUT2D eigenvalue weighted by atomic mass is 10.1. The van der Waals surface area contributed by atoms with Gasteiger partial charge in [0.05, 0.1) is 16.0 Å². The van der Waals surface area contributed by atoms with Gasteiger partial charge in [-0.15, -0.1) is 0 Å². The number of rotatable bonds is 5. The number of carbonyl (C=O) groups is 1. The quantitative estimate of drug-likeness (QED) is 0.804. The number of hydrogen-bond donors (Lipinski definition) is 2. The molecule has 2 N–H and O–H groups in total. The summed E-state index contributed by atoms with van der Waals surface area (Å²) in [5, 5.41) is 7.87. The summed E-state index contributed by atoms with van der Waals surface area (Å²) in [6, 6.07) is 1.21. The zero-order valence-corrected chi connectivity index (χ0v) is 12.9. The first-order valence-electron chi connectivity index (χ1n) is 5.46. The van der Waals surface area contributed by atoms with Crippen LogP contribution in [0.4, 0.5) is 4.39 Å². The molecule has 0 bridgehead atoms. The van der Waals surface area contributed by atoms with E-state index in [4.69, 9.17) is 28.3 Å². The lowest BCUT2D eigenvalue weighted by Crippen LogP contribution is -2.40. The van der Waals surface area contributed by atoms with Crippen molar-refractivity contribution in [3.8, 4) is 0 Å².